The first-order chi connectivity index (χ1) is 6.95. The summed E-state index contributed by atoms with van der Waals surface area (Å²) in [4.78, 5) is 0.408. The molecule has 0 saturated carbocycles. The van der Waals surface area contributed by atoms with E-state index in [-0.39, 0.29) is 11.7 Å². The van der Waals surface area contributed by atoms with Crippen molar-refractivity contribution in [3.63, 3.8) is 0 Å². The quantitative estimate of drug-likeness (QED) is 0.853. The average molecular weight is 291 g/mol. The zero-order chi connectivity index (χ0) is 11.5. The van der Waals surface area contributed by atoms with Crippen LogP contribution in [0.2, 0.25) is 0 Å². The van der Waals surface area contributed by atoms with Crippen molar-refractivity contribution in [2.75, 3.05) is 5.75 Å². The lowest BCUT2D eigenvalue weighted by Crippen LogP contribution is -2.13. The molecular formula is C11H15BrO2S. The molecule has 0 amide bonds. The number of rotatable bonds is 4. The molecule has 0 aliphatic heterocycles. The van der Waals surface area contributed by atoms with E-state index in [1.54, 1.807) is 24.3 Å². The predicted molar refractivity (Wildman–Crippen MR) is 65.6 cm³/mol. The number of hydrogen-bond acceptors (Lipinski definition) is 2. The maximum absolute atomic E-state index is 11.9. The highest BCUT2D eigenvalue weighted by molar-refractivity contribution is 9.10. The summed E-state index contributed by atoms with van der Waals surface area (Å²) in [6.45, 7) is 3.96. The molecule has 15 heavy (non-hydrogen) atoms. The third-order valence-electron chi connectivity index (χ3n) is 2.37. The normalized spacial score (nSPS) is 13.8. The molecule has 1 aromatic carbocycles. The van der Waals surface area contributed by atoms with Crippen molar-refractivity contribution >= 4 is 25.8 Å². The van der Waals surface area contributed by atoms with Gasteiger partial charge < -0.3 is 0 Å². The van der Waals surface area contributed by atoms with Crippen LogP contribution < -0.4 is 0 Å². The first-order valence-corrected chi connectivity index (χ1v) is 7.38. The molecule has 4 heteroatoms. The zero-order valence-corrected chi connectivity index (χ0v) is 11.3. The fraction of sp³-hybridized carbons (Fsp3) is 0.455. The Bertz CT molecular complexity index is 409. The van der Waals surface area contributed by atoms with E-state index in [0.29, 0.717) is 4.90 Å². The predicted octanol–water partition coefficient (Wildman–Crippen LogP) is 3.27. The standard InChI is InChI=1S/C11H15BrO2S/c1-3-9(2)8-15(13,14)11-6-4-10(12)5-7-11/h4-7,9H,3,8H2,1-2H3. The molecule has 1 atom stereocenters. The SMILES string of the molecule is CCC(C)CS(=O)(=O)c1ccc(Br)cc1. The summed E-state index contributed by atoms with van der Waals surface area (Å²) in [7, 11) is -3.11. The van der Waals surface area contributed by atoms with E-state index < -0.39 is 9.84 Å². The maximum atomic E-state index is 11.9. The van der Waals surface area contributed by atoms with Crippen LogP contribution in [0.1, 0.15) is 20.3 Å². The number of halogens is 1. The molecule has 0 fully saturated rings. The first kappa shape index (κ1) is 12.7. The lowest BCUT2D eigenvalue weighted by atomic mass is 10.2. The van der Waals surface area contributed by atoms with E-state index in [0.717, 1.165) is 10.9 Å². The molecule has 0 N–H and O–H groups in total. The zero-order valence-electron chi connectivity index (χ0n) is 8.90. The summed E-state index contributed by atoms with van der Waals surface area (Å²) in [5.74, 6) is 0.434. The summed E-state index contributed by atoms with van der Waals surface area (Å²) in [6.07, 6.45) is 0.885. The second kappa shape index (κ2) is 5.12. The van der Waals surface area contributed by atoms with Crippen LogP contribution in [-0.4, -0.2) is 14.2 Å². The molecule has 84 valence electrons. The monoisotopic (exact) mass is 290 g/mol. The Balaban J connectivity index is 2.91. The van der Waals surface area contributed by atoms with E-state index in [1.165, 1.54) is 0 Å². The summed E-state index contributed by atoms with van der Waals surface area (Å²) in [6, 6.07) is 6.79. The van der Waals surface area contributed by atoms with Gasteiger partial charge in [-0.2, -0.15) is 0 Å². The van der Waals surface area contributed by atoms with Gasteiger partial charge in [-0.15, -0.1) is 0 Å². The van der Waals surface area contributed by atoms with Crippen molar-refractivity contribution in [3.05, 3.63) is 28.7 Å². The number of sulfone groups is 1. The Kier molecular flexibility index (Phi) is 4.34. The first-order valence-electron chi connectivity index (χ1n) is 4.94. The van der Waals surface area contributed by atoms with Gasteiger partial charge >= 0.3 is 0 Å². The van der Waals surface area contributed by atoms with Crippen molar-refractivity contribution in [2.45, 2.75) is 25.2 Å². The van der Waals surface area contributed by atoms with Gasteiger partial charge in [-0.05, 0) is 30.2 Å². The average Bonchev–Trinajstić information content (AvgIpc) is 2.17. The van der Waals surface area contributed by atoms with Crippen LogP contribution in [0.4, 0.5) is 0 Å². The molecule has 0 aliphatic rings. The smallest absolute Gasteiger partial charge is 0.178 e. The highest BCUT2D eigenvalue weighted by atomic mass is 79.9. The van der Waals surface area contributed by atoms with Crippen molar-refractivity contribution in [2.24, 2.45) is 5.92 Å². The van der Waals surface area contributed by atoms with Gasteiger partial charge in [0.25, 0.3) is 0 Å². The van der Waals surface area contributed by atoms with Crippen molar-refractivity contribution in [1.29, 1.82) is 0 Å². The highest BCUT2D eigenvalue weighted by Crippen LogP contribution is 2.18. The van der Waals surface area contributed by atoms with Gasteiger partial charge in [-0.1, -0.05) is 36.2 Å². The summed E-state index contributed by atoms with van der Waals surface area (Å²) < 4.78 is 24.7. The molecule has 0 heterocycles. The second-order valence-corrected chi connectivity index (χ2v) is 6.70. The minimum Gasteiger partial charge on any atom is -0.224 e. The fourth-order valence-electron chi connectivity index (χ4n) is 1.23. The van der Waals surface area contributed by atoms with Crippen LogP contribution in [0.3, 0.4) is 0 Å². The minimum absolute atomic E-state index is 0.207. The Morgan fingerprint density at radius 2 is 1.80 bits per heavy atom. The van der Waals surface area contributed by atoms with E-state index in [4.69, 9.17) is 0 Å². The molecule has 0 saturated heterocycles. The second-order valence-electron chi connectivity index (χ2n) is 3.75. The Morgan fingerprint density at radius 1 is 1.27 bits per heavy atom. The maximum Gasteiger partial charge on any atom is 0.178 e. The summed E-state index contributed by atoms with van der Waals surface area (Å²) in [5.41, 5.74) is 0. The van der Waals surface area contributed by atoms with Crippen LogP contribution in [-0.2, 0) is 9.84 Å². The fourth-order valence-corrected chi connectivity index (χ4v) is 3.22. The molecule has 0 aromatic heterocycles. The molecule has 1 aromatic rings. The Labute approximate surface area is 99.7 Å². The van der Waals surface area contributed by atoms with Gasteiger partial charge in [0.2, 0.25) is 0 Å². The Morgan fingerprint density at radius 3 is 2.27 bits per heavy atom. The summed E-state index contributed by atoms with van der Waals surface area (Å²) in [5, 5.41) is 0. The van der Waals surface area contributed by atoms with Crippen LogP contribution >= 0.6 is 15.9 Å². The van der Waals surface area contributed by atoms with Gasteiger partial charge in [0.05, 0.1) is 10.6 Å². The van der Waals surface area contributed by atoms with E-state index in [9.17, 15) is 8.42 Å². The molecule has 0 spiro atoms. The topological polar surface area (TPSA) is 34.1 Å². The van der Waals surface area contributed by atoms with Crippen molar-refractivity contribution < 1.29 is 8.42 Å². The highest BCUT2D eigenvalue weighted by Gasteiger charge is 2.17. The van der Waals surface area contributed by atoms with Crippen LogP contribution in [0.25, 0.3) is 0 Å². The molecule has 2 nitrogen and oxygen atoms in total. The van der Waals surface area contributed by atoms with Gasteiger partial charge in [-0.3, -0.25) is 0 Å². The largest absolute Gasteiger partial charge is 0.224 e. The van der Waals surface area contributed by atoms with E-state index >= 15 is 0 Å². The van der Waals surface area contributed by atoms with Gasteiger partial charge in [-0.25, -0.2) is 8.42 Å². The molecule has 1 unspecified atom stereocenters. The Hall–Kier alpha value is -0.350. The third-order valence-corrected chi connectivity index (χ3v) is 4.90. The molecule has 0 aliphatic carbocycles. The van der Waals surface area contributed by atoms with Crippen molar-refractivity contribution in [3.8, 4) is 0 Å². The van der Waals surface area contributed by atoms with Crippen LogP contribution in [0.5, 0.6) is 0 Å². The minimum atomic E-state index is -3.11. The van der Waals surface area contributed by atoms with E-state index in [2.05, 4.69) is 15.9 Å². The number of hydrogen-bond donors (Lipinski definition) is 0. The van der Waals surface area contributed by atoms with Gasteiger partial charge in [0.15, 0.2) is 9.84 Å². The summed E-state index contributed by atoms with van der Waals surface area (Å²) >= 11 is 3.28. The van der Waals surface area contributed by atoms with Gasteiger partial charge in [0.1, 0.15) is 0 Å². The number of benzene rings is 1. The molecule has 0 radical (unpaired) electrons. The van der Waals surface area contributed by atoms with Gasteiger partial charge in [0, 0.05) is 4.47 Å². The third kappa shape index (κ3) is 3.61. The lowest BCUT2D eigenvalue weighted by Gasteiger charge is -2.09. The lowest BCUT2D eigenvalue weighted by molar-refractivity contribution is 0.564. The molecule has 0 bridgehead atoms. The van der Waals surface area contributed by atoms with E-state index in [1.807, 2.05) is 13.8 Å². The van der Waals surface area contributed by atoms with Crippen molar-refractivity contribution in [1.82, 2.24) is 0 Å². The molecular weight excluding hydrogens is 276 g/mol. The molecule has 1 rings (SSSR count). The van der Waals surface area contributed by atoms with Crippen LogP contribution in [0, 0.1) is 5.92 Å². The van der Waals surface area contributed by atoms with Crippen LogP contribution in [0.15, 0.2) is 33.6 Å².